The normalized spacial score (nSPS) is 29.9. The number of primary amides is 1. The van der Waals surface area contributed by atoms with E-state index >= 15 is 0 Å². The number of carbonyl (C=O) groups excluding carboxylic acids is 2. The second kappa shape index (κ2) is 9.56. The van der Waals surface area contributed by atoms with Crippen molar-refractivity contribution < 1.29 is 22.8 Å². The van der Waals surface area contributed by atoms with E-state index in [9.17, 15) is 22.8 Å². The van der Waals surface area contributed by atoms with E-state index in [1.54, 1.807) is 29.3 Å². The molecular weight excluding hydrogens is 507 g/mol. The fraction of sp³-hybridized carbons (Fsp3) is 0.500. The molecule has 1 aromatic carbocycles. The summed E-state index contributed by atoms with van der Waals surface area (Å²) in [6, 6.07) is 3.97. The standard InChI is InChI=1S/C26H29ClF3N5O2/c27-21-3-2-18(12-20(21)26(28,29)30)17-5-10-34(11-6-17)22(36)13-24-8-4-19(14-33-15-24)35(24)25(23(31)37)7-1-9-32-16-25/h1-3,5,7,9,12,19,33H,4,6,8,10-11,13-16H2,(H2,31,37). The van der Waals surface area contributed by atoms with Crippen LogP contribution >= 0.6 is 11.6 Å². The molecule has 2 amide bonds. The lowest BCUT2D eigenvalue weighted by molar-refractivity contribution is -0.141. The summed E-state index contributed by atoms with van der Waals surface area (Å²) in [4.78, 5) is 34.5. The summed E-state index contributed by atoms with van der Waals surface area (Å²) in [6.45, 7) is 2.19. The van der Waals surface area contributed by atoms with Crippen molar-refractivity contribution in [3.63, 3.8) is 0 Å². The van der Waals surface area contributed by atoms with Crippen LogP contribution in [0.5, 0.6) is 0 Å². The highest BCUT2D eigenvalue weighted by Gasteiger charge is 2.59. The molecule has 0 saturated carbocycles. The Hall–Kier alpha value is -2.69. The van der Waals surface area contributed by atoms with Gasteiger partial charge in [0.25, 0.3) is 0 Å². The lowest BCUT2D eigenvalue weighted by atomic mass is 9.83. The van der Waals surface area contributed by atoms with Gasteiger partial charge in [0.1, 0.15) is 5.54 Å². The van der Waals surface area contributed by atoms with Crippen LogP contribution in [0.25, 0.3) is 5.57 Å². The van der Waals surface area contributed by atoms with Gasteiger partial charge in [-0.25, -0.2) is 0 Å². The van der Waals surface area contributed by atoms with Crippen molar-refractivity contribution in [2.24, 2.45) is 10.7 Å². The van der Waals surface area contributed by atoms with E-state index in [1.807, 2.05) is 6.08 Å². The van der Waals surface area contributed by atoms with Crippen LogP contribution in [0.15, 0.2) is 41.4 Å². The van der Waals surface area contributed by atoms with Crippen molar-refractivity contribution in [3.05, 3.63) is 52.6 Å². The van der Waals surface area contributed by atoms with Gasteiger partial charge in [0, 0.05) is 50.4 Å². The molecule has 0 aromatic heterocycles. The molecule has 1 aromatic rings. The number of benzene rings is 1. The van der Waals surface area contributed by atoms with Gasteiger partial charge >= 0.3 is 6.18 Å². The van der Waals surface area contributed by atoms with Crippen LogP contribution in [-0.4, -0.2) is 77.7 Å². The number of nitrogens with two attached hydrogens (primary N) is 1. The maximum atomic E-state index is 13.5. The number of hydrogen-bond acceptors (Lipinski definition) is 5. The molecule has 0 aliphatic carbocycles. The molecule has 4 aliphatic rings. The fourth-order valence-electron chi connectivity index (χ4n) is 6.33. The van der Waals surface area contributed by atoms with Crippen LogP contribution in [0.3, 0.4) is 0 Å². The van der Waals surface area contributed by atoms with Crippen molar-refractivity contribution in [1.29, 1.82) is 0 Å². The molecule has 4 aliphatic heterocycles. The molecule has 2 saturated heterocycles. The first kappa shape index (κ1) is 25.9. The van der Waals surface area contributed by atoms with Crippen LogP contribution in [0.2, 0.25) is 5.02 Å². The Kier molecular flexibility index (Phi) is 6.70. The van der Waals surface area contributed by atoms with E-state index in [0.717, 1.165) is 24.5 Å². The first-order chi connectivity index (χ1) is 17.6. The SMILES string of the molecule is NC(=O)C1(N2C3CCC2(CC(=O)N2CC=C(c4ccc(Cl)c(C(F)(F)F)c4)CC2)CNC3)C=CC=NC1. The summed E-state index contributed by atoms with van der Waals surface area (Å²) in [5.41, 5.74) is 4.62. The average molecular weight is 536 g/mol. The number of amides is 2. The third kappa shape index (κ3) is 4.59. The Morgan fingerprint density at radius 3 is 2.76 bits per heavy atom. The molecule has 37 heavy (non-hydrogen) atoms. The van der Waals surface area contributed by atoms with Gasteiger partial charge < -0.3 is 16.0 Å². The zero-order chi connectivity index (χ0) is 26.4. The molecule has 4 heterocycles. The van der Waals surface area contributed by atoms with E-state index in [0.29, 0.717) is 38.2 Å². The minimum absolute atomic E-state index is 0.0559. The zero-order valence-corrected chi connectivity index (χ0v) is 21.0. The van der Waals surface area contributed by atoms with Gasteiger partial charge in [0.15, 0.2) is 0 Å². The van der Waals surface area contributed by atoms with Crippen molar-refractivity contribution in [3.8, 4) is 0 Å². The molecule has 3 N–H and O–H groups in total. The highest BCUT2D eigenvalue weighted by atomic mass is 35.5. The second-order valence-electron chi connectivity index (χ2n) is 10.2. The van der Waals surface area contributed by atoms with E-state index in [-0.39, 0.29) is 29.9 Å². The number of nitrogens with one attached hydrogen (secondary N) is 1. The summed E-state index contributed by atoms with van der Waals surface area (Å²) in [5.74, 6) is -0.530. The number of rotatable bonds is 5. The highest BCUT2D eigenvalue weighted by molar-refractivity contribution is 6.31. The second-order valence-corrected chi connectivity index (χ2v) is 10.7. The number of halogens is 4. The summed E-state index contributed by atoms with van der Waals surface area (Å²) < 4.78 is 39.9. The van der Waals surface area contributed by atoms with Gasteiger partial charge in [-0.05, 0) is 48.6 Å². The number of piperazine rings is 1. The molecule has 11 heteroatoms. The molecule has 198 valence electrons. The number of dihydropyridines is 1. The Morgan fingerprint density at radius 1 is 1.30 bits per heavy atom. The van der Waals surface area contributed by atoms with Crippen LogP contribution in [0.1, 0.15) is 36.8 Å². The van der Waals surface area contributed by atoms with Crippen molar-refractivity contribution in [2.75, 3.05) is 32.7 Å². The molecule has 3 unspecified atom stereocenters. The lowest BCUT2D eigenvalue weighted by Crippen LogP contribution is -2.73. The third-order valence-corrected chi connectivity index (χ3v) is 8.42. The number of fused-ring (bicyclic) bond motifs is 2. The van der Waals surface area contributed by atoms with Gasteiger partial charge in [0.05, 0.1) is 17.1 Å². The van der Waals surface area contributed by atoms with E-state index < -0.39 is 28.7 Å². The molecule has 3 atom stereocenters. The quantitative estimate of drug-likeness (QED) is 0.606. The maximum Gasteiger partial charge on any atom is 0.417 e. The Bertz CT molecular complexity index is 1200. The largest absolute Gasteiger partial charge is 0.417 e. The molecule has 7 nitrogen and oxygen atoms in total. The van der Waals surface area contributed by atoms with Gasteiger partial charge in [-0.15, -0.1) is 0 Å². The first-order valence-electron chi connectivity index (χ1n) is 12.4. The Balaban J connectivity index is 1.34. The summed E-state index contributed by atoms with van der Waals surface area (Å²) in [7, 11) is 0. The smallest absolute Gasteiger partial charge is 0.368 e. The van der Waals surface area contributed by atoms with Gasteiger partial charge in [0.2, 0.25) is 11.8 Å². The molecule has 2 bridgehead atoms. The van der Waals surface area contributed by atoms with Gasteiger partial charge in [-0.3, -0.25) is 19.5 Å². The predicted octanol–water partition coefficient (Wildman–Crippen LogP) is 3.04. The number of hydrogen-bond donors (Lipinski definition) is 2. The van der Waals surface area contributed by atoms with Crippen molar-refractivity contribution in [1.82, 2.24) is 15.1 Å². The summed E-state index contributed by atoms with van der Waals surface area (Å²) in [6.07, 6.45) is 4.71. The predicted molar refractivity (Wildman–Crippen MR) is 135 cm³/mol. The summed E-state index contributed by atoms with van der Waals surface area (Å²) in [5, 5.41) is 3.09. The van der Waals surface area contributed by atoms with Crippen LogP contribution < -0.4 is 11.1 Å². The Labute approximate surface area is 218 Å². The van der Waals surface area contributed by atoms with Crippen LogP contribution in [-0.2, 0) is 15.8 Å². The molecular formula is C26H29ClF3N5O2. The van der Waals surface area contributed by atoms with E-state index in [4.69, 9.17) is 17.3 Å². The van der Waals surface area contributed by atoms with E-state index in [2.05, 4.69) is 15.2 Å². The molecule has 5 rings (SSSR count). The van der Waals surface area contributed by atoms with Crippen molar-refractivity contribution >= 4 is 35.2 Å². The number of allylic oxidation sites excluding steroid dienone is 1. The minimum atomic E-state index is -4.54. The highest BCUT2D eigenvalue weighted by Crippen LogP contribution is 2.45. The monoisotopic (exact) mass is 535 g/mol. The summed E-state index contributed by atoms with van der Waals surface area (Å²) >= 11 is 5.76. The van der Waals surface area contributed by atoms with Crippen LogP contribution in [0.4, 0.5) is 13.2 Å². The van der Waals surface area contributed by atoms with E-state index in [1.165, 1.54) is 6.07 Å². The third-order valence-electron chi connectivity index (χ3n) is 8.09. The van der Waals surface area contributed by atoms with Gasteiger partial charge in [-0.1, -0.05) is 29.8 Å². The first-order valence-corrected chi connectivity index (χ1v) is 12.8. The number of nitrogens with zero attached hydrogens (tertiary/aromatic N) is 3. The maximum absolute atomic E-state index is 13.5. The molecule has 2 fully saturated rings. The van der Waals surface area contributed by atoms with Gasteiger partial charge in [-0.2, -0.15) is 13.2 Å². The minimum Gasteiger partial charge on any atom is -0.368 e. The zero-order valence-electron chi connectivity index (χ0n) is 20.2. The van der Waals surface area contributed by atoms with Crippen molar-refractivity contribution in [2.45, 2.75) is 49.0 Å². The number of carbonyl (C=O) groups is 2. The Morgan fingerprint density at radius 2 is 2.11 bits per heavy atom. The lowest BCUT2D eigenvalue weighted by Gasteiger charge is -2.53. The number of aliphatic imine (C=N–C) groups is 1. The molecule has 0 spiro atoms. The van der Waals surface area contributed by atoms with Crippen LogP contribution in [0, 0.1) is 0 Å². The molecule has 0 radical (unpaired) electrons. The topological polar surface area (TPSA) is 91.0 Å². The number of alkyl halides is 3. The average Bonchev–Trinajstić information content (AvgIpc) is 3.09. The fourth-order valence-corrected chi connectivity index (χ4v) is 6.56.